The highest BCUT2D eigenvalue weighted by Crippen LogP contribution is 2.39. The van der Waals surface area contributed by atoms with Gasteiger partial charge in [0, 0.05) is 42.5 Å². The first-order chi connectivity index (χ1) is 17.3. The van der Waals surface area contributed by atoms with E-state index in [9.17, 15) is 14.4 Å². The van der Waals surface area contributed by atoms with Crippen LogP contribution in [0.3, 0.4) is 0 Å². The average molecular weight is 495 g/mol. The topological polar surface area (TPSA) is 120 Å². The molecule has 0 bridgehead atoms. The van der Waals surface area contributed by atoms with Gasteiger partial charge in [-0.3, -0.25) is 19.5 Å². The van der Waals surface area contributed by atoms with Gasteiger partial charge in [0.15, 0.2) is 5.82 Å². The first kappa shape index (κ1) is 25.6. The molecule has 1 saturated heterocycles. The number of nitrogens with one attached hydrogen (secondary N) is 3. The number of H-pyrrole nitrogens is 1. The Kier molecular flexibility index (Phi) is 8.17. The van der Waals surface area contributed by atoms with Gasteiger partial charge in [-0.05, 0) is 51.6 Å². The highest BCUT2D eigenvalue weighted by atomic mass is 16.5. The molecule has 2 aromatic rings. The third kappa shape index (κ3) is 6.58. The average Bonchev–Trinajstić information content (AvgIpc) is 3.62. The second-order valence-corrected chi connectivity index (χ2v) is 9.60. The van der Waals surface area contributed by atoms with E-state index in [1.807, 2.05) is 31.1 Å². The van der Waals surface area contributed by atoms with Crippen LogP contribution in [0.2, 0.25) is 0 Å². The van der Waals surface area contributed by atoms with E-state index in [0.29, 0.717) is 37.1 Å². The number of anilines is 2. The van der Waals surface area contributed by atoms with Gasteiger partial charge in [-0.25, -0.2) is 0 Å². The Morgan fingerprint density at radius 2 is 2.06 bits per heavy atom. The lowest BCUT2D eigenvalue weighted by Crippen LogP contribution is -2.53. The summed E-state index contributed by atoms with van der Waals surface area (Å²) >= 11 is 0. The summed E-state index contributed by atoms with van der Waals surface area (Å²) < 4.78 is 5.49. The number of hydrogen-bond donors (Lipinski definition) is 3. The molecule has 36 heavy (non-hydrogen) atoms. The summed E-state index contributed by atoms with van der Waals surface area (Å²) in [6, 6.07) is 8.31. The smallest absolute Gasteiger partial charge is 0.249 e. The fraction of sp³-hybridized carbons (Fsp3) is 0.462. The molecular weight excluding hydrogens is 460 g/mol. The summed E-state index contributed by atoms with van der Waals surface area (Å²) in [4.78, 5) is 42.1. The van der Waals surface area contributed by atoms with Gasteiger partial charge < -0.3 is 25.2 Å². The van der Waals surface area contributed by atoms with Crippen molar-refractivity contribution in [1.82, 2.24) is 20.0 Å². The van der Waals surface area contributed by atoms with Crippen molar-refractivity contribution in [3.05, 3.63) is 53.7 Å². The Balaban J connectivity index is 1.37. The number of rotatable bonds is 9. The van der Waals surface area contributed by atoms with E-state index in [1.54, 1.807) is 31.2 Å². The Bertz CT molecular complexity index is 1120. The third-order valence-corrected chi connectivity index (χ3v) is 6.36. The molecule has 2 atom stereocenters. The molecular formula is C26H34N6O4. The summed E-state index contributed by atoms with van der Waals surface area (Å²) in [5.74, 6) is -0.157. The van der Waals surface area contributed by atoms with Gasteiger partial charge in [0.1, 0.15) is 6.04 Å². The zero-order chi connectivity index (χ0) is 25.7. The van der Waals surface area contributed by atoms with Crippen molar-refractivity contribution in [1.29, 1.82) is 0 Å². The Morgan fingerprint density at radius 3 is 2.81 bits per heavy atom. The van der Waals surface area contributed by atoms with E-state index in [1.165, 1.54) is 11.0 Å². The Morgan fingerprint density at radius 1 is 1.25 bits per heavy atom. The molecule has 0 radical (unpaired) electrons. The fourth-order valence-electron chi connectivity index (χ4n) is 4.05. The molecule has 1 aliphatic carbocycles. The molecule has 3 N–H and O–H groups in total. The molecule has 3 amide bonds. The SMILES string of the molecule is CC(C(=O)Nc1cc(C2CC2)[nH]n1)c1cccc(NC(=O)C2COCCN2C(=O)/C=C/CN(C)C)c1. The molecule has 2 heterocycles. The number of benzene rings is 1. The van der Waals surface area contributed by atoms with Crippen LogP contribution in [0.4, 0.5) is 11.5 Å². The lowest BCUT2D eigenvalue weighted by Gasteiger charge is -2.34. The van der Waals surface area contributed by atoms with Gasteiger partial charge in [-0.15, -0.1) is 0 Å². The van der Waals surface area contributed by atoms with Crippen LogP contribution in [0.5, 0.6) is 0 Å². The quantitative estimate of drug-likeness (QED) is 0.460. The number of carbonyl (C=O) groups is 3. The number of nitrogens with zero attached hydrogens (tertiary/aromatic N) is 3. The van der Waals surface area contributed by atoms with Crippen LogP contribution >= 0.6 is 0 Å². The van der Waals surface area contributed by atoms with Crippen molar-refractivity contribution in [3.8, 4) is 0 Å². The van der Waals surface area contributed by atoms with Crippen molar-refractivity contribution >= 4 is 29.2 Å². The molecule has 1 saturated carbocycles. The predicted octanol–water partition coefficient (Wildman–Crippen LogP) is 2.31. The van der Waals surface area contributed by atoms with Crippen LogP contribution in [0, 0.1) is 0 Å². The minimum absolute atomic E-state index is 0.129. The second-order valence-electron chi connectivity index (χ2n) is 9.60. The molecule has 0 spiro atoms. The number of carbonyl (C=O) groups excluding carboxylic acids is 3. The predicted molar refractivity (Wildman–Crippen MR) is 137 cm³/mol. The monoisotopic (exact) mass is 494 g/mol. The van der Waals surface area contributed by atoms with E-state index < -0.39 is 12.0 Å². The first-order valence-corrected chi connectivity index (χ1v) is 12.3. The second kappa shape index (κ2) is 11.5. The van der Waals surface area contributed by atoms with Crippen molar-refractivity contribution in [2.45, 2.75) is 37.6 Å². The molecule has 2 aliphatic rings. The minimum atomic E-state index is -0.736. The molecule has 1 aromatic carbocycles. The van der Waals surface area contributed by atoms with E-state index in [2.05, 4.69) is 20.8 Å². The standard InChI is InChI=1S/C26H34N6O4/c1-17(25(34)28-23-15-21(29-30-23)18-9-10-18)19-6-4-7-20(14-19)27-26(35)22-16-36-13-12-32(22)24(33)8-5-11-31(2)3/h4-8,14-15,17-18,22H,9-13,16H2,1-3H3,(H,27,35)(H2,28,29,30,34)/b8-5+. The highest BCUT2D eigenvalue weighted by Gasteiger charge is 2.32. The lowest BCUT2D eigenvalue weighted by atomic mass is 9.99. The molecule has 4 rings (SSSR count). The molecule has 2 unspecified atom stereocenters. The van der Waals surface area contributed by atoms with Gasteiger partial charge >= 0.3 is 0 Å². The number of amides is 3. The lowest BCUT2D eigenvalue weighted by molar-refractivity contribution is -0.142. The Hall–Kier alpha value is -3.50. The fourth-order valence-corrected chi connectivity index (χ4v) is 4.05. The van der Waals surface area contributed by atoms with Crippen LogP contribution in [-0.4, -0.2) is 84.2 Å². The molecule has 2 fully saturated rings. The molecule has 10 nitrogen and oxygen atoms in total. The van der Waals surface area contributed by atoms with Crippen molar-refractivity contribution in [2.24, 2.45) is 0 Å². The van der Waals surface area contributed by atoms with Crippen LogP contribution in [0.1, 0.15) is 42.9 Å². The van der Waals surface area contributed by atoms with Crippen molar-refractivity contribution in [3.63, 3.8) is 0 Å². The van der Waals surface area contributed by atoms with E-state index in [0.717, 1.165) is 24.1 Å². The number of aromatic nitrogens is 2. The molecule has 10 heteroatoms. The zero-order valence-corrected chi connectivity index (χ0v) is 21.0. The van der Waals surface area contributed by atoms with Crippen LogP contribution in [0.25, 0.3) is 0 Å². The van der Waals surface area contributed by atoms with E-state index in [-0.39, 0.29) is 24.3 Å². The number of aromatic amines is 1. The largest absolute Gasteiger partial charge is 0.377 e. The number of hydrogen-bond acceptors (Lipinski definition) is 6. The third-order valence-electron chi connectivity index (χ3n) is 6.36. The first-order valence-electron chi connectivity index (χ1n) is 12.3. The maximum atomic E-state index is 13.1. The summed E-state index contributed by atoms with van der Waals surface area (Å²) in [7, 11) is 3.83. The van der Waals surface area contributed by atoms with E-state index in [4.69, 9.17) is 4.74 Å². The highest BCUT2D eigenvalue weighted by molar-refractivity contribution is 5.99. The zero-order valence-electron chi connectivity index (χ0n) is 21.0. The summed E-state index contributed by atoms with van der Waals surface area (Å²) in [5.41, 5.74) is 2.35. The van der Waals surface area contributed by atoms with Crippen LogP contribution in [-0.2, 0) is 19.1 Å². The number of likely N-dealkylation sites (N-methyl/N-ethyl adjacent to an activating group) is 1. The van der Waals surface area contributed by atoms with Gasteiger partial charge in [-0.1, -0.05) is 18.2 Å². The minimum Gasteiger partial charge on any atom is -0.377 e. The van der Waals surface area contributed by atoms with Gasteiger partial charge in [-0.2, -0.15) is 5.10 Å². The van der Waals surface area contributed by atoms with Crippen LogP contribution < -0.4 is 10.6 Å². The van der Waals surface area contributed by atoms with Crippen LogP contribution in [0.15, 0.2) is 42.5 Å². The van der Waals surface area contributed by atoms with E-state index >= 15 is 0 Å². The summed E-state index contributed by atoms with van der Waals surface area (Å²) in [6.45, 7) is 3.30. The van der Waals surface area contributed by atoms with Gasteiger partial charge in [0.2, 0.25) is 17.7 Å². The molecule has 192 valence electrons. The Labute approximate surface area is 211 Å². The summed E-state index contributed by atoms with van der Waals surface area (Å²) in [6.07, 6.45) is 5.57. The van der Waals surface area contributed by atoms with Gasteiger partial charge in [0.25, 0.3) is 0 Å². The maximum absolute atomic E-state index is 13.1. The van der Waals surface area contributed by atoms with Gasteiger partial charge in [0.05, 0.1) is 19.1 Å². The van der Waals surface area contributed by atoms with Crippen molar-refractivity contribution in [2.75, 3.05) is 51.0 Å². The maximum Gasteiger partial charge on any atom is 0.249 e. The normalized spacial score (nSPS) is 18.9. The summed E-state index contributed by atoms with van der Waals surface area (Å²) in [5, 5.41) is 12.9. The molecule has 1 aliphatic heterocycles. The number of morpholine rings is 1. The number of ether oxygens (including phenoxy) is 1. The molecule has 1 aromatic heterocycles. The van der Waals surface area contributed by atoms with Crippen molar-refractivity contribution < 1.29 is 19.1 Å².